The van der Waals surface area contributed by atoms with Crippen molar-refractivity contribution in [1.29, 1.82) is 5.26 Å². The molecule has 0 atom stereocenters. The molecule has 19 heavy (non-hydrogen) atoms. The maximum atomic E-state index is 10.9. The molecule has 0 radical (unpaired) electrons. The molecule has 0 fully saturated rings. The molecule has 1 amide bonds. The number of phenolic OH excluding ortho intramolecular Hbond substituents is 1. The highest BCUT2D eigenvalue weighted by molar-refractivity contribution is 5.87. The van der Waals surface area contributed by atoms with E-state index in [0.29, 0.717) is 0 Å². The molecule has 4 N–H and O–H groups in total. The van der Waals surface area contributed by atoms with Gasteiger partial charge in [0.2, 0.25) is 0 Å². The van der Waals surface area contributed by atoms with Gasteiger partial charge in [0.25, 0.3) is 11.6 Å². The normalized spacial score (nSPS) is 9.42. The molecule has 0 unspecified atom stereocenters. The van der Waals surface area contributed by atoms with E-state index in [1.165, 1.54) is 6.07 Å². The van der Waals surface area contributed by atoms with E-state index >= 15 is 0 Å². The van der Waals surface area contributed by atoms with Crippen molar-refractivity contribution < 1.29 is 20.3 Å². The molecule has 0 bridgehead atoms. The Balaban J connectivity index is 0.00000324. The number of rotatable bonds is 4. The number of aromatic hydroxyl groups is 1. The number of nitriles is 1. The van der Waals surface area contributed by atoms with E-state index in [4.69, 9.17) is 5.26 Å². The molecule has 0 aliphatic carbocycles. The highest BCUT2D eigenvalue weighted by Gasteiger charge is 2.12. The van der Waals surface area contributed by atoms with Crippen molar-refractivity contribution in [1.82, 2.24) is 5.43 Å². The summed E-state index contributed by atoms with van der Waals surface area (Å²) >= 11 is 0. The van der Waals surface area contributed by atoms with E-state index in [1.807, 2.05) is 5.43 Å². The van der Waals surface area contributed by atoms with Crippen molar-refractivity contribution in [2.75, 3.05) is 0 Å². The van der Waals surface area contributed by atoms with Crippen LogP contribution in [0.4, 0.5) is 5.69 Å². The van der Waals surface area contributed by atoms with Crippen molar-refractivity contribution in [3.63, 3.8) is 0 Å². The first-order chi connectivity index (χ1) is 8.54. The molecule has 0 aliphatic heterocycles. The first-order valence-corrected chi connectivity index (χ1v) is 4.71. The molecule has 9 nitrogen and oxygen atoms in total. The van der Waals surface area contributed by atoms with Gasteiger partial charge in [-0.15, -0.1) is 0 Å². The fourth-order valence-electron chi connectivity index (χ4n) is 1.10. The summed E-state index contributed by atoms with van der Waals surface area (Å²) in [7, 11) is 0. The number of nitro benzene ring substituents is 1. The van der Waals surface area contributed by atoms with Gasteiger partial charge >= 0.3 is 0 Å². The van der Waals surface area contributed by atoms with Crippen LogP contribution in [0.25, 0.3) is 0 Å². The lowest BCUT2D eigenvalue weighted by molar-refractivity contribution is -0.385. The second-order valence-corrected chi connectivity index (χ2v) is 3.13. The van der Waals surface area contributed by atoms with Gasteiger partial charge in [-0.3, -0.25) is 14.9 Å². The lowest BCUT2D eigenvalue weighted by Crippen LogP contribution is -2.16. The minimum atomic E-state index is -0.641. The molecule has 0 saturated heterocycles. The molecule has 0 spiro atoms. The minimum absolute atomic E-state index is 0. The fourth-order valence-corrected chi connectivity index (χ4v) is 1.10. The van der Waals surface area contributed by atoms with Crippen LogP contribution in [0.2, 0.25) is 0 Å². The fraction of sp³-hybridized carbons (Fsp3) is 0.100. The number of hydrogen-bond acceptors (Lipinski definition) is 6. The Hall–Kier alpha value is -2.99. The van der Waals surface area contributed by atoms with Gasteiger partial charge in [0, 0.05) is 6.07 Å². The number of nitrogens with one attached hydrogen (secondary N) is 1. The summed E-state index contributed by atoms with van der Waals surface area (Å²) < 4.78 is 0. The smallest absolute Gasteiger partial charge is 0.278 e. The summed E-state index contributed by atoms with van der Waals surface area (Å²) in [5, 5.41) is 31.5. The topological polar surface area (TPSA) is 160 Å². The largest absolute Gasteiger partial charge is 0.508 e. The molecule has 0 aliphatic rings. The Morgan fingerprint density at radius 2 is 2.32 bits per heavy atom. The number of nitrogens with zero attached hydrogens (tertiary/aromatic N) is 3. The minimum Gasteiger partial charge on any atom is -0.508 e. The summed E-state index contributed by atoms with van der Waals surface area (Å²) in [6.07, 6.45) is 0.659. The van der Waals surface area contributed by atoms with Crippen LogP contribution >= 0.6 is 0 Å². The Bertz CT molecular complexity index is 549. The van der Waals surface area contributed by atoms with Gasteiger partial charge in [0.1, 0.15) is 12.2 Å². The number of carbonyl (C=O) groups excluding carboxylic acids is 1. The van der Waals surface area contributed by atoms with Crippen LogP contribution in [0.5, 0.6) is 5.75 Å². The third-order valence-corrected chi connectivity index (χ3v) is 1.84. The predicted octanol–water partition coefficient (Wildman–Crippen LogP) is -0.161. The number of nitro groups is 1. The molecule has 100 valence electrons. The zero-order valence-electron chi connectivity index (χ0n) is 9.53. The van der Waals surface area contributed by atoms with Crippen molar-refractivity contribution in [2.24, 2.45) is 5.10 Å². The van der Waals surface area contributed by atoms with E-state index in [0.717, 1.165) is 18.3 Å². The van der Waals surface area contributed by atoms with Crippen molar-refractivity contribution in [3.8, 4) is 11.8 Å². The average Bonchev–Trinajstić information content (AvgIpc) is 2.29. The summed E-state index contributed by atoms with van der Waals surface area (Å²) in [5.74, 6) is -0.790. The summed E-state index contributed by atoms with van der Waals surface area (Å²) in [6.45, 7) is 0. The van der Waals surface area contributed by atoms with E-state index in [-0.39, 0.29) is 28.9 Å². The van der Waals surface area contributed by atoms with E-state index in [1.54, 1.807) is 6.07 Å². The molecule has 0 aromatic heterocycles. The van der Waals surface area contributed by atoms with Crippen molar-refractivity contribution >= 4 is 17.8 Å². The Labute approximate surface area is 107 Å². The molecule has 0 saturated carbocycles. The lowest BCUT2D eigenvalue weighted by atomic mass is 10.2. The molecular formula is C10H10N4O5. The highest BCUT2D eigenvalue weighted by atomic mass is 16.6. The van der Waals surface area contributed by atoms with Gasteiger partial charge in [-0.25, -0.2) is 5.43 Å². The summed E-state index contributed by atoms with van der Waals surface area (Å²) in [5.41, 5.74) is 1.80. The molecule has 9 heteroatoms. The number of hydrazone groups is 1. The molecular weight excluding hydrogens is 256 g/mol. The maximum absolute atomic E-state index is 10.9. The highest BCUT2D eigenvalue weighted by Crippen LogP contribution is 2.21. The monoisotopic (exact) mass is 266 g/mol. The predicted molar refractivity (Wildman–Crippen MR) is 64.3 cm³/mol. The second kappa shape index (κ2) is 7.36. The van der Waals surface area contributed by atoms with Crippen LogP contribution in [0, 0.1) is 21.4 Å². The van der Waals surface area contributed by atoms with Gasteiger partial charge in [0.05, 0.1) is 22.8 Å². The SMILES string of the molecule is N#CCC(=O)N/N=C/c1cc(O)ccc1[N+](=O)[O-].O. The van der Waals surface area contributed by atoms with Crippen molar-refractivity contribution in [2.45, 2.75) is 6.42 Å². The molecule has 1 aromatic carbocycles. The van der Waals surface area contributed by atoms with Gasteiger partial charge < -0.3 is 10.6 Å². The third-order valence-electron chi connectivity index (χ3n) is 1.84. The molecule has 0 heterocycles. The van der Waals surface area contributed by atoms with E-state index < -0.39 is 10.8 Å². The zero-order valence-corrected chi connectivity index (χ0v) is 9.53. The third kappa shape index (κ3) is 4.80. The Kier molecular flexibility index (Phi) is 6.20. The van der Waals surface area contributed by atoms with E-state index in [2.05, 4.69) is 5.10 Å². The van der Waals surface area contributed by atoms with Crippen LogP contribution in [0.1, 0.15) is 12.0 Å². The van der Waals surface area contributed by atoms with Crippen molar-refractivity contribution in [3.05, 3.63) is 33.9 Å². The zero-order chi connectivity index (χ0) is 13.5. The lowest BCUT2D eigenvalue weighted by Gasteiger charge is -1.98. The first-order valence-electron chi connectivity index (χ1n) is 4.71. The summed E-state index contributed by atoms with van der Waals surface area (Å²) in [4.78, 5) is 20.9. The van der Waals surface area contributed by atoms with E-state index in [9.17, 15) is 20.0 Å². The number of hydrogen-bond donors (Lipinski definition) is 2. The average molecular weight is 266 g/mol. The van der Waals surface area contributed by atoms with Crippen LogP contribution in [0.3, 0.4) is 0 Å². The standard InChI is InChI=1S/C10H8N4O4.H2O/c11-4-3-10(16)13-12-6-7-5-8(15)1-2-9(7)14(17)18;/h1-2,5-6,15H,3H2,(H,13,16);1H2/b12-6+;. The summed E-state index contributed by atoms with van der Waals surface area (Å²) in [6, 6.07) is 5.05. The van der Waals surface area contributed by atoms with Gasteiger partial charge in [-0.05, 0) is 12.1 Å². The molecule has 1 rings (SSSR count). The maximum Gasteiger partial charge on any atom is 0.278 e. The van der Waals surface area contributed by atoms with Gasteiger partial charge in [-0.1, -0.05) is 0 Å². The Morgan fingerprint density at radius 3 is 2.89 bits per heavy atom. The quantitative estimate of drug-likeness (QED) is 0.439. The molecule has 1 aromatic rings. The van der Waals surface area contributed by atoms with Crippen LogP contribution in [0.15, 0.2) is 23.3 Å². The van der Waals surface area contributed by atoms with Crippen LogP contribution in [-0.2, 0) is 4.79 Å². The van der Waals surface area contributed by atoms with Gasteiger partial charge in [0.15, 0.2) is 0 Å². The Morgan fingerprint density at radius 1 is 1.63 bits per heavy atom. The number of carbonyl (C=O) groups is 1. The number of amides is 1. The van der Waals surface area contributed by atoms with Crippen LogP contribution in [-0.4, -0.2) is 27.6 Å². The van der Waals surface area contributed by atoms with Gasteiger partial charge in [-0.2, -0.15) is 10.4 Å². The number of benzene rings is 1. The number of phenols is 1. The second-order valence-electron chi connectivity index (χ2n) is 3.13. The van der Waals surface area contributed by atoms with Crippen LogP contribution < -0.4 is 5.43 Å². The first kappa shape index (κ1) is 16.0.